The van der Waals surface area contributed by atoms with E-state index in [1.165, 1.54) is 23.5 Å². The van der Waals surface area contributed by atoms with Gasteiger partial charge >= 0.3 is 0 Å². The number of fused-ring (bicyclic) bond motifs is 3. The van der Waals surface area contributed by atoms with Crippen LogP contribution in [-0.4, -0.2) is 34.8 Å². The van der Waals surface area contributed by atoms with Crippen LogP contribution in [-0.2, 0) is 9.59 Å². The summed E-state index contributed by atoms with van der Waals surface area (Å²) in [5.41, 5.74) is 0.789. The van der Waals surface area contributed by atoms with Crippen LogP contribution < -0.4 is 5.32 Å². The molecule has 2 aromatic carbocycles. The Morgan fingerprint density at radius 3 is 2.86 bits per heavy atom. The molecule has 5 nitrogen and oxygen atoms in total. The Morgan fingerprint density at radius 1 is 1.25 bits per heavy atom. The highest BCUT2D eigenvalue weighted by Crippen LogP contribution is 2.34. The lowest BCUT2D eigenvalue weighted by molar-refractivity contribution is -0.132. The van der Waals surface area contributed by atoms with E-state index in [4.69, 9.17) is 0 Å². The number of nitrogens with zero attached hydrogens (tertiary/aromatic N) is 2. The van der Waals surface area contributed by atoms with Crippen molar-refractivity contribution in [3.05, 3.63) is 36.1 Å². The summed E-state index contributed by atoms with van der Waals surface area (Å²) < 4.78 is 14.4. The highest BCUT2D eigenvalue weighted by Gasteiger charge is 2.30. The van der Waals surface area contributed by atoms with E-state index in [0.29, 0.717) is 11.6 Å². The Kier molecular flexibility index (Phi) is 5.02. The molecular weight excluding hydrogens is 377 g/mol. The van der Waals surface area contributed by atoms with Gasteiger partial charge in [0.25, 0.3) is 0 Å². The molecule has 0 bridgehead atoms. The van der Waals surface area contributed by atoms with E-state index in [1.54, 1.807) is 24.9 Å². The van der Waals surface area contributed by atoms with Gasteiger partial charge in [-0.05, 0) is 48.9 Å². The van der Waals surface area contributed by atoms with Crippen molar-refractivity contribution in [2.45, 2.75) is 38.6 Å². The van der Waals surface area contributed by atoms with Crippen molar-refractivity contribution in [1.82, 2.24) is 9.88 Å². The molecule has 4 rings (SSSR count). The summed E-state index contributed by atoms with van der Waals surface area (Å²) in [6.45, 7) is 1.56. The van der Waals surface area contributed by atoms with Crippen LogP contribution in [0.1, 0.15) is 32.6 Å². The lowest BCUT2D eigenvalue weighted by Gasteiger charge is -2.34. The van der Waals surface area contributed by atoms with Crippen molar-refractivity contribution in [3.8, 4) is 0 Å². The van der Waals surface area contributed by atoms with Crippen molar-refractivity contribution >= 4 is 49.3 Å². The van der Waals surface area contributed by atoms with Crippen molar-refractivity contribution in [2.24, 2.45) is 5.92 Å². The molecule has 1 aliphatic carbocycles. The molecule has 0 aliphatic heterocycles. The lowest BCUT2D eigenvalue weighted by Crippen LogP contribution is -2.41. The molecule has 2 amide bonds. The fourth-order valence-corrected chi connectivity index (χ4v) is 4.96. The number of hydrogen-bond donors (Lipinski definition) is 1. The highest BCUT2D eigenvalue weighted by atomic mass is 32.1. The molecule has 1 aromatic heterocycles. The van der Waals surface area contributed by atoms with Crippen LogP contribution in [0.2, 0.25) is 0 Å². The van der Waals surface area contributed by atoms with Gasteiger partial charge in [-0.3, -0.25) is 9.59 Å². The van der Waals surface area contributed by atoms with Gasteiger partial charge in [-0.1, -0.05) is 23.8 Å². The summed E-state index contributed by atoms with van der Waals surface area (Å²) >= 11 is 1.41. The van der Waals surface area contributed by atoms with E-state index in [2.05, 4.69) is 10.3 Å². The molecule has 1 aliphatic rings. The van der Waals surface area contributed by atoms with E-state index >= 15 is 0 Å². The van der Waals surface area contributed by atoms with E-state index in [0.717, 1.165) is 40.3 Å². The molecule has 2 atom stereocenters. The summed E-state index contributed by atoms with van der Waals surface area (Å²) in [6, 6.07) is 8.49. The number of nitrogens with one attached hydrogen (secondary N) is 1. The zero-order chi connectivity index (χ0) is 19.8. The third kappa shape index (κ3) is 3.58. The molecule has 0 spiro atoms. The zero-order valence-electron chi connectivity index (χ0n) is 15.9. The van der Waals surface area contributed by atoms with Gasteiger partial charge in [0.2, 0.25) is 11.8 Å². The maximum Gasteiger partial charge on any atom is 0.229 e. The van der Waals surface area contributed by atoms with Gasteiger partial charge in [-0.15, -0.1) is 0 Å². The number of aromatic nitrogens is 1. The monoisotopic (exact) mass is 399 g/mol. The molecule has 0 radical (unpaired) electrons. The summed E-state index contributed by atoms with van der Waals surface area (Å²) in [6.07, 6.45) is 3.36. The molecule has 1 fully saturated rings. The summed E-state index contributed by atoms with van der Waals surface area (Å²) in [7, 11) is 1.80. The van der Waals surface area contributed by atoms with Crippen molar-refractivity contribution < 1.29 is 14.0 Å². The molecule has 3 aromatic rings. The smallest absolute Gasteiger partial charge is 0.229 e. The summed E-state index contributed by atoms with van der Waals surface area (Å²) in [5.74, 6) is -0.415. The molecule has 1 heterocycles. The number of rotatable bonds is 3. The number of benzene rings is 2. The first-order valence-electron chi connectivity index (χ1n) is 9.45. The van der Waals surface area contributed by atoms with Crippen LogP contribution in [0.15, 0.2) is 30.3 Å². The molecule has 7 heteroatoms. The topological polar surface area (TPSA) is 62.3 Å². The molecule has 28 heavy (non-hydrogen) atoms. The highest BCUT2D eigenvalue weighted by molar-refractivity contribution is 7.23. The number of thiazole rings is 1. The summed E-state index contributed by atoms with van der Waals surface area (Å²) in [5, 5.41) is 5.26. The van der Waals surface area contributed by atoms with Gasteiger partial charge in [0, 0.05) is 31.3 Å². The van der Waals surface area contributed by atoms with Gasteiger partial charge in [0.15, 0.2) is 5.13 Å². The zero-order valence-corrected chi connectivity index (χ0v) is 16.7. The second kappa shape index (κ2) is 7.47. The molecule has 0 unspecified atom stereocenters. The van der Waals surface area contributed by atoms with Crippen LogP contribution in [0.25, 0.3) is 21.0 Å². The molecule has 146 valence electrons. The molecular formula is C21H22FN3O2S. The van der Waals surface area contributed by atoms with Gasteiger partial charge < -0.3 is 10.2 Å². The Labute approximate surface area is 166 Å². The number of carbonyl (C=O) groups is 2. The minimum Gasteiger partial charge on any atom is -0.343 e. The van der Waals surface area contributed by atoms with Crippen LogP contribution >= 0.6 is 11.3 Å². The van der Waals surface area contributed by atoms with E-state index in [-0.39, 0.29) is 29.6 Å². The Morgan fingerprint density at radius 2 is 2.07 bits per heavy atom. The Hall–Kier alpha value is -2.54. The van der Waals surface area contributed by atoms with Gasteiger partial charge in [-0.25, -0.2) is 9.37 Å². The molecule has 0 saturated heterocycles. The SMILES string of the molecule is CC(=O)N(C)[C@@H]1CCC[C@H](C(=O)Nc2nc3ccc4cc(F)ccc4c3s2)C1. The van der Waals surface area contributed by atoms with Gasteiger partial charge in [0.1, 0.15) is 5.82 Å². The maximum absolute atomic E-state index is 13.5. The van der Waals surface area contributed by atoms with E-state index in [9.17, 15) is 14.0 Å². The first kappa shape index (κ1) is 18.8. The third-order valence-electron chi connectivity index (χ3n) is 5.62. The van der Waals surface area contributed by atoms with E-state index < -0.39 is 0 Å². The van der Waals surface area contributed by atoms with E-state index in [1.807, 2.05) is 12.1 Å². The Balaban J connectivity index is 1.53. The number of anilines is 1. The minimum atomic E-state index is -0.271. The van der Waals surface area contributed by atoms with Gasteiger partial charge in [-0.2, -0.15) is 0 Å². The number of amides is 2. The third-order valence-corrected chi connectivity index (χ3v) is 6.64. The van der Waals surface area contributed by atoms with Gasteiger partial charge in [0.05, 0.1) is 10.2 Å². The first-order chi connectivity index (χ1) is 13.4. The maximum atomic E-state index is 13.5. The van der Waals surface area contributed by atoms with Crippen LogP contribution in [0.4, 0.5) is 9.52 Å². The number of hydrogen-bond acceptors (Lipinski definition) is 4. The minimum absolute atomic E-state index is 0.0283. The predicted octanol–water partition coefficient (Wildman–Crippen LogP) is 4.56. The quantitative estimate of drug-likeness (QED) is 0.702. The average molecular weight is 399 g/mol. The number of halogens is 1. The van der Waals surface area contributed by atoms with Crippen molar-refractivity contribution in [1.29, 1.82) is 0 Å². The van der Waals surface area contributed by atoms with Crippen molar-refractivity contribution in [2.75, 3.05) is 12.4 Å². The van der Waals surface area contributed by atoms with Crippen LogP contribution in [0, 0.1) is 11.7 Å². The summed E-state index contributed by atoms with van der Waals surface area (Å²) in [4.78, 5) is 30.7. The molecule has 1 N–H and O–H groups in total. The largest absolute Gasteiger partial charge is 0.343 e. The first-order valence-corrected chi connectivity index (χ1v) is 10.3. The van der Waals surface area contributed by atoms with Crippen LogP contribution in [0.3, 0.4) is 0 Å². The standard InChI is InChI=1S/C21H22FN3O2S/c1-12(26)25(2)16-5-3-4-14(11-16)20(27)24-21-23-18-9-6-13-10-15(22)7-8-17(13)19(18)28-21/h6-10,14,16H,3-5,11H2,1-2H3,(H,23,24,27)/t14-,16+/m0/s1. The molecule has 1 saturated carbocycles. The Bertz CT molecular complexity index is 1060. The average Bonchev–Trinajstić information content (AvgIpc) is 3.09. The number of carbonyl (C=O) groups excluding carboxylic acids is 2. The van der Waals surface area contributed by atoms with Crippen molar-refractivity contribution in [3.63, 3.8) is 0 Å². The normalized spacial score (nSPS) is 19.7. The second-order valence-corrected chi connectivity index (χ2v) is 8.43. The van der Waals surface area contributed by atoms with Crippen LogP contribution in [0.5, 0.6) is 0 Å². The fraction of sp³-hybridized carbons (Fsp3) is 0.381. The fourth-order valence-electron chi connectivity index (χ4n) is 3.96. The predicted molar refractivity (Wildman–Crippen MR) is 110 cm³/mol. The second-order valence-electron chi connectivity index (χ2n) is 7.43. The lowest BCUT2D eigenvalue weighted by atomic mass is 9.84.